The summed E-state index contributed by atoms with van der Waals surface area (Å²) in [5.41, 5.74) is 0. The summed E-state index contributed by atoms with van der Waals surface area (Å²) in [7, 11) is 0. The zero-order chi connectivity index (χ0) is 19.6. The number of unbranched alkanes of at least 4 members (excludes halogenated alkanes) is 12. The number of rotatable bonds is 17. The van der Waals surface area contributed by atoms with Gasteiger partial charge in [0.15, 0.2) is 10.3 Å². The van der Waals surface area contributed by atoms with Crippen LogP contribution < -0.4 is 5.32 Å². The van der Waals surface area contributed by atoms with Crippen LogP contribution >= 0.6 is 25.3 Å². The summed E-state index contributed by atoms with van der Waals surface area (Å²) < 4.78 is 0. The molecule has 0 atom stereocenters. The van der Waals surface area contributed by atoms with Gasteiger partial charge in [0.25, 0.3) is 0 Å². The van der Waals surface area contributed by atoms with E-state index in [1.807, 2.05) is 0 Å². The van der Waals surface area contributed by atoms with Crippen molar-refractivity contribution in [2.24, 2.45) is 0 Å². The van der Waals surface area contributed by atoms with Gasteiger partial charge in [0, 0.05) is 6.54 Å². The van der Waals surface area contributed by atoms with Crippen LogP contribution in [-0.4, -0.2) is 51.1 Å². The van der Waals surface area contributed by atoms with Gasteiger partial charge in [-0.25, -0.2) is 0 Å². The fourth-order valence-corrected chi connectivity index (χ4v) is 3.46. The van der Waals surface area contributed by atoms with Crippen molar-refractivity contribution in [3.63, 3.8) is 0 Å². The molecule has 0 fully saturated rings. The Hall–Kier alpha value is 0.250. The molecule has 156 valence electrons. The van der Waals surface area contributed by atoms with E-state index in [4.69, 9.17) is 0 Å². The van der Waals surface area contributed by atoms with Crippen molar-refractivity contribution in [1.82, 2.24) is 15.0 Å². The summed E-state index contributed by atoms with van der Waals surface area (Å²) in [5, 5.41) is 4.01. The molecule has 4 nitrogen and oxygen atoms in total. The quantitative estimate of drug-likeness (QED) is 0.117. The van der Waals surface area contributed by atoms with Gasteiger partial charge >= 0.3 is 29.6 Å². The van der Waals surface area contributed by atoms with Crippen LogP contribution in [0, 0.1) is 0 Å². The zero-order valence-corrected chi connectivity index (χ0v) is 18.8. The van der Waals surface area contributed by atoms with Crippen LogP contribution in [-0.2, 0) is 0 Å². The third-order valence-corrected chi connectivity index (χ3v) is 4.98. The minimum atomic E-state index is 0. The Balaban J connectivity index is 0.00000729. The number of thiol groups is 2. The summed E-state index contributed by atoms with van der Waals surface area (Å²) in [6.45, 7) is 3.15. The third-order valence-electron chi connectivity index (χ3n) is 4.58. The first-order valence-corrected chi connectivity index (χ1v) is 11.6. The summed E-state index contributed by atoms with van der Waals surface area (Å²) >= 11 is 8.25. The Labute approximate surface area is 205 Å². The molecule has 0 aliphatic rings. The number of anilines is 1. The number of aromatic nitrogens is 3. The van der Waals surface area contributed by atoms with Crippen molar-refractivity contribution in [2.75, 3.05) is 11.9 Å². The number of nitrogens with zero attached hydrogens (tertiary/aromatic N) is 3. The van der Waals surface area contributed by atoms with E-state index in [2.05, 4.69) is 64.6 Å². The second kappa shape index (κ2) is 20.5. The maximum atomic E-state index is 4.13. The molecule has 0 saturated carbocycles. The Morgan fingerprint density at radius 1 is 0.679 bits per heavy atom. The predicted octanol–water partition coefficient (Wildman–Crippen LogP) is 6.25. The fourth-order valence-electron chi connectivity index (χ4n) is 3.01. The van der Waals surface area contributed by atoms with Crippen molar-refractivity contribution in [2.45, 2.75) is 107 Å². The van der Waals surface area contributed by atoms with Crippen LogP contribution in [0.2, 0.25) is 0 Å². The van der Waals surface area contributed by atoms with Crippen LogP contribution in [0.5, 0.6) is 0 Å². The molecule has 1 heterocycles. The molecule has 1 aromatic heterocycles. The first-order valence-electron chi connectivity index (χ1n) is 10.7. The van der Waals surface area contributed by atoms with Gasteiger partial charge in [-0.05, 0) is 32.1 Å². The third kappa shape index (κ3) is 17.1. The van der Waals surface area contributed by atoms with E-state index in [1.165, 1.54) is 83.5 Å². The molecule has 1 aromatic rings. The monoisotopic (exact) mass is 434 g/mol. The molecule has 28 heavy (non-hydrogen) atoms. The van der Waals surface area contributed by atoms with Gasteiger partial charge in [0.2, 0.25) is 5.95 Å². The predicted molar refractivity (Wildman–Crippen MR) is 129 cm³/mol. The van der Waals surface area contributed by atoms with Gasteiger partial charge < -0.3 is 5.32 Å². The maximum absolute atomic E-state index is 4.13. The van der Waals surface area contributed by atoms with Gasteiger partial charge in [0.05, 0.1) is 0 Å². The fraction of sp³-hybridized carbons (Fsp3) is 0.762. The number of hydrogen-bond donors (Lipinski definition) is 3. The van der Waals surface area contributed by atoms with Gasteiger partial charge in [0.1, 0.15) is 0 Å². The SMILES string of the molecule is CCCCCCCC/C=C\CCCCCCCCNc1nc(S)nc(S)n1.[NaH]. The van der Waals surface area contributed by atoms with Crippen LogP contribution in [0.25, 0.3) is 0 Å². The second-order valence-corrected chi connectivity index (χ2v) is 7.92. The summed E-state index contributed by atoms with van der Waals surface area (Å²) in [4.78, 5) is 12.2. The van der Waals surface area contributed by atoms with E-state index in [0.29, 0.717) is 16.3 Å². The molecule has 0 aliphatic carbocycles. The molecule has 0 radical (unpaired) electrons. The van der Waals surface area contributed by atoms with Crippen molar-refractivity contribution in [1.29, 1.82) is 0 Å². The summed E-state index contributed by atoms with van der Waals surface area (Å²) in [5.74, 6) is 0.563. The van der Waals surface area contributed by atoms with Crippen LogP contribution in [0.15, 0.2) is 22.5 Å². The molecule has 0 saturated heterocycles. The summed E-state index contributed by atoms with van der Waals surface area (Å²) in [6.07, 6.45) is 23.3. The topological polar surface area (TPSA) is 50.7 Å². The van der Waals surface area contributed by atoms with Crippen molar-refractivity contribution < 1.29 is 0 Å². The summed E-state index contributed by atoms with van der Waals surface area (Å²) in [6, 6.07) is 0. The molecule has 0 amide bonds. The Morgan fingerprint density at radius 3 is 1.68 bits per heavy atom. The molecular weight excluding hydrogens is 395 g/mol. The van der Waals surface area contributed by atoms with Crippen LogP contribution in [0.1, 0.15) is 96.8 Å². The van der Waals surface area contributed by atoms with Gasteiger partial charge in [-0.1, -0.05) is 76.9 Å². The van der Waals surface area contributed by atoms with Crippen molar-refractivity contribution in [3.05, 3.63) is 12.2 Å². The van der Waals surface area contributed by atoms with E-state index in [0.717, 1.165) is 13.0 Å². The zero-order valence-electron chi connectivity index (χ0n) is 17.0. The number of nitrogens with one attached hydrogen (secondary N) is 1. The van der Waals surface area contributed by atoms with E-state index in [9.17, 15) is 0 Å². The van der Waals surface area contributed by atoms with Gasteiger partial charge in [-0.3, -0.25) is 0 Å². The first kappa shape index (κ1) is 28.2. The number of hydrogen-bond acceptors (Lipinski definition) is 6. The normalized spacial score (nSPS) is 11.0. The van der Waals surface area contributed by atoms with Crippen LogP contribution in [0.4, 0.5) is 5.95 Å². The molecule has 1 N–H and O–H groups in total. The molecule has 0 spiro atoms. The standard InChI is InChI=1S/C21H38N4S2.Na.H/c1-2-3-4-5-6-7-8-9-10-11-12-13-14-15-16-17-18-22-19-23-20(26)25-21(27)24-19;;/h9-10H,2-8,11-18H2,1H3,(H3,22,23,24,25,26,27);;/b10-9-;;. The number of allylic oxidation sites excluding steroid dienone is 2. The minimum absolute atomic E-state index is 0. The Bertz CT molecular complexity index is 495. The van der Waals surface area contributed by atoms with Gasteiger partial charge in [-0.2, -0.15) is 15.0 Å². The molecule has 0 bridgehead atoms. The average Bonchev–Trinajstić information content (AvgIpc) is 2.63. The molecule has 0 unspecified atom stereocenters. The second-order valence-electron chi connectivity index (χ2n) is 7.12. The van der Waals surface area contributed by atoms with E-state index in [1.54, 1.807) is 0 Å². The van der Waals surface area contributed by atoms with Crippen molar-refractivity contribution >= 4 is 60.8 Å². The Kier molecular flexibility index (Phi) is 20.7. The van der Waals surface area contributed by atoms with Gasteiger partial charge in [-0.15, -0.1) is 25.3 Å². The van der Waals surface area contributed by atoms with E-state index < -0.39 is 0 Å². The van der Waals surface area contributed by atoms with Crippen LogP contribution in [0.3, 0.4) is 0 Å². The molecular formula is C21H39N4NaS2. The Morgan fingerprint density at radius 2 is 1.14 bits per heavy atom. The van der Waals surface area contributed by atoms with Crippen molar-refractivity contribution in [3.8, 4) is 0 Å². The molecule has 7 heteroatoms. The molecule has 1 rings (SSSR count). The van der Waals surface area contributed by atoms with E-state index in [-0.39, 0.29) is 29.6 Å². The van der Waals surface area contributed by atoms with E-state index >= 15 is 0 Å². The first-order chi connectivity index (χ1) is 13.2. The average molecular weight is 435 g/mol. The molecule has 0 aliphatic heterocycles. The molecule has 0 aromatic carbocycles.